The second-order valence-corrected chi connectivity index (χ2v) is 8.01. The molecule has 0 unspecified atom stereocenters. The van der Waals surface area contributed by atoms with Gasteiger partial charge in [0.15, 0.2) is 0 Å². The summed E-state index contributed by atoms with van der Waals surface area (Å²) < 4.78 is 40.2. The maximum Gasteiger partial charge on any atom is 0.416 e. The van der Waals surface area contributed by atoms with Crippen molar-refractivity contribution in [2.75, 3.05) is 18.4 Å². The highest BCUT2D eigenvalue weighted by molar-refractivity contribution is 5.92. The SMILES string of the molecule is CCCCN(Cc1cccn1C)C(=O)CN(C(=O)Nc1ccc(C(F)(F)F)cc1)C(C)C. The van der Waals surface area contributed by atoms with Crippen LogP contribution in [0.4, 0.5) is 23.7 Å². The molecule has 0 aliphatic heterocycles. The predicted molar refractivity (Wildman–Crippen MR) is 118 cm³/mol. The number of nitrogens with one attached hydrogen (secondary N) is 1. The molecule has 1 heterocycles. The number of benzene rings is 1. The number of nitrogens with zero attached hydrogens (tertiary/aromatic N) is 3. The van der Waals surface area contributed by atoms with Gasteiger partial charge in [-0.15, -0.1) is 0 Å². The third-order valence-electron chi connectivity index (χ3n) is 5.19. The predicted octanol–water partition coefficient (Wildman–Crippen LogP) is 5.12. The van der Waals surface area contributed by atoms with Crippen LogP contribution in [-0.2, 0) is 24.6 Å². The van der Waals surface area contributed by atoms with Crippen molar-refractivity contribution < 1.29 is 22.8 Å². The first-order valence-electron chi connectivity index (χ1n) is 10.7. The average Bonchev–Trinajstić information content (AvgIpc) is 3.12. The fraction of sp³-hybridized carbons (Fsp3) is 0.478. The topological polar surface area (TPSA) is 57.6 Å². The quantitative estimate of drug-likeness (QED) is 0.575. The zero-order chi connectivity index (χ0) is 23.9. The van der Waals surface area contributed by atoms with Gasteiger partial charge in [-0.05, 0) is 56.7 Å². The van der Waals surface area contributed by atoms with Crippen molar-refractivity contribution in [3.05, 3.63) is 53.9 Å². The van der Waals surface area contributed by atoms with Crippen molar-refractivity contribution in [2.45, 2.75) is 52.4 Å². The molecule has 0 spiro atoms. The number of hydrogen-bond donors (Lipinski definition) is 1. The number of aromatic nitrogens is 1. The van der Waals surface area contributed by atoms with E-state index in [1.165, 1.54) is 17.0 Å². The van der Waals surface area contributed by atoms with E-state index in [0.29, 0.717) is 13.1 Å². The van der Waals surface area contributed by atoms with Crippen molar-refractivity contribution in [3.8, 4) is 0 Å². The second kappa shape index (κ2) is 11.1. The molecule has 0 radical (unpaired) electrons. The molecule has 1 aromatic heterocycles. The Labute approximate surface area is 187 Å². The Hall–Kier alpha value is -2.97. The monoisotopic (exact) mass is 452 g/mol. The molecule has 0 atom stereocenters. The highest BCUT2D eigenvalue weighted by atomic mass is 19.4. The Balaban J connectivity index is 2.09. The largest absolute Gasteiger partial charge is 0.416 e. The van der Waals surface area contributed by atoms with Gasteiger partial charge in [0.25, 0.3) is 0 Å². The van der Waals surface area contributed by atoms with Crippen molar-refractivity contribution in [1.82, 2.24) is 14.4 Å². The standard InChI is InChI=1S/C23H31F3N4O2/c1-5-6-14-29(15-20-8-7-13-28(20)4)21(31)16-30(17(2)3)22(32)27-19-11-9-18(10-12-19)23(24,25)26/h7-13,17H,5-6,14-16H2,1-4H3,(H,27,32). The number of alkyl halides is 3. The normalized spacial score (nSPS) is 11.5. The molecule has 0 aliphatic rings. The van der Waals surface area contributed by atoms with Crippen molar-refractivity contribution >= 4 is 17.6 Å². The number of halogens is 3. The third kappa shape index (κ3) is 7.03. The molecule has 32 heavy (non-hydrogen) atoms. The first kappa shape index (κ1) is 25.3. The summed E-state index contributed by atoms with van der Waals surface area (Å²) in [6, 6.07) is 7.26. The minimum atomic E-state index is -4.45. The van der Waals surface area contributed by atoms with E-state index in [0.717, 1.165) is 30.7 Å². The van der Waals surface area contributed by atoms with Crippen molar-refractivity contribution in [3.63, 3.8) is 0 Å². The summed E-state index contributed by atoms with van der Waals surface area (Å²) in [4.78, 5) is 29.0. The molecule has 0 bridgehead atoms. The summed E-state index contributed by atoms with van der Waals surface area (Å²) in [6.07, 6.45) is -0.760. The van der Waals surface area contributed by atoms with Crippen molar-refractivity contribution in [2.24, 2.45) is 7.05 Å². The molecule has 0 saturated heterocycles. The first-order chi connectivity index (χ1) is 15.0. The van der Waals surface area contributed by atoms with E-state index in [4.69, 9.17) is 0 Å². The minimum Gasteiger partial charge on any atom is -0.353 e. The number of carbonyl (C=O) groups is 2. The Morgan fingerprint density at radius 1 is 1.12 bits per heavy atom. The van der Waals surface area contributed by atoms with Gasteiger partial charge in [-0.2, -0.15) is 13.2 Å². The Kier molecular flexibility index (Phi) is 8.74. The van der Waals surface area contributed by atoms with Crippen LogP contribution in [0.2, 0.25) is 0 Å². The number of unbranched alkanes of at least 4 members (excludes halogenated alkanes) is 1. The number of rotatable bonds is 9. The van der Waals surface area contributed by atoms with Crippen LogP contribution >= 0.6 is 0 Å². The minimum absolute atomic E-state index is 0.127. The summed E-state index contributed by atoms with van der Waals surface area (Å²) in [5.41, 5.74) is 0.422. The van der Waals surface area contributed by atoms with Crippen LogP contribution < -0.4 is 5.32 Å². The molecule has 6 nitrogen and oxygen atoms in total. The zero-order valence-corrected chi connectivity index (χ0v) is 18.9. The Bertz CT molecular complexity index is 891. The lowest BCUT2D eigenvalue weighted by atomic mass is 10.2. The number of aryl methyl sites for hydroxylation is 1. The van der Waals surface area contributed by atoms with E-state index >= 15 is 0 Å². The van der Waals surface area contributed by atoms with Crippen LogP contribution in [0.15, 0.2) is 42.6 Å². The van der Waals surface area contributed by atoms with E-state index in [1.807, 2.05) is 36.9 Å². The van der Waals surface area contributed by atoms with E-state index in [1.54, 1.807) is 18.7 Å². The van der Waals surface area contributed by atoms with Crippen LogP contribution in [0, 0.1) is 0 Å². The lowest BCUT2D eigenvalue weighted by Gasteiger charge is -2.30. The van der Waals surface area contributed by atoms with Crippen LogP contribution in [0.25, 0.3) is 0 Å². The fourth-order valence-corrected chi connectivity index (χ4v) is 3.17. The van der Waals surface area contributed by atoms with Gasteiger partial charge in [0, 0.05) is 37.2 Å². The summed E-state index contributed by atoms with van der Waals surface area (Å²) in [7, 11) is 1.91. The second-order valence-electron chi connectivity index (χ2n) is 8.01. The highest BCUT2D eigenvalue weighted by Crippen LogP contribution is 2.29. The molecule has 3 amide bonds. The summed E-state index contributed by atoms with van der Waals surface area (Å²) >= 11 is 0. The summed E-state index contributed by atoms with van der Waals surface area (Å²) in [6.45, 7) is 6.50. The van der Waals surface area contributed by atoms with E-state index < -0.39 is 17.8 Å². The number of urea groups is 1. The van der Waals surface area contributed by atoms with Crippen LogP contribution in [-0.4, -0.2) is 45.4 Å². The van der Waals surface area contributed by atoms with Crippen LogP contribution in [0.5, 0.6) is 0 Å². The maximum atomic E-state index is 13.1. The summed E-state index contributed by atoms with van der Waals surface area (Å²) in [5, 5.41) is 2.59. The lowest BCUT2D eigenvalue weighted by molar-refractivity contribution is -0.137. The van der Waals surface area contributed by atoms with Gasteiger partial charge >= 0.3 is 12.2 Å². The van der Waals surface area contributed by atoms with Crippen LogP contribution in [0.3, 0.4) is 0 Å². The molecule has 1 N–H and O–H groups in total. The average molecular weight is 453 g/mol. The Morgan fingerprint density at radius 3 is 2.28 bits per heavy atom. The van der Waals surface area contributed by atoms with Gasteiger partial charge in [-0.25, -0.2) is 4.79 Å². The molecular weight excluding hydrogens is 421 g/mol. The van der Waals surface area contributed by atoms with Gasteiger partial charge in [0.2, 0.25) is 5.91 Å². The third-order valence-corrected chi connectivity index (χ3v) is 5.19. The molecule has 0 saturated carbocycles. The summed E-state index contributed by atoms with van der Waals surface area (Å²) in [5.74, 6) is -0.184. The van der Waals surface area contributed by atoms with E-state index in [9.17, 15) is 22.8 Å². The Morgan fingerprint density at radius 2 is 1.78 bits per heavy atom. The number of carbonyl (C=O) groups excluding carboxylic acids is 2. The number of hydrogen-bond acceptors (Lipinski definition) is 2. The zero-order valence-electron chi connectivity index (χ0n) is 18.9. The number of anilines is 1. The molecule has 0 fully saturated rings. The van der Waals surface area contributed by atoms with Gasteiger partial charge in [0.05, 0.1) is 12.1 Å². The van der Waals surface area contributed by atoms with E-state index in [-0.39, 0.29) is 24.2 Å². The van der Waals surface area contributed by atoms with Gasteiger partial charge in [-0.1, -0.05) is 13.3 Å². The van der Waals surface area contributed by atoms with Crippen molar-refractivity contribution in [1.29, 1.82) is 0 Å². The van der Waals surface area contributed by atoms with Crippen LogP contribution in [0.1, 0.15) is 44.9 Å². The molecule has 0 aliphatic carbocycles. The van der Waals surface area contributed by atoms with Gasteiger partial charge < -0.3 is 19.7 Å². The van der Waals surface area contributed by atoms with E-state index in [2.05, 4.69) is 5.32 Å². The molecule has 176 valence electrons. The number of amides is 3. The maximum absolute atomic E-state index is 13.1. The lowest BCUT2D eigenvalue weighted by Crippen LogP contribution is -2.47. The first-order valence-corrected chi connectivity index (χ1v) is 10.7. The van der Waals surface area contributed by atoms with Gasteiger partial charge in [0.1, 0.15) is 6.54 Å². The molecule has 2 rings (SSSR count). The smallest absolute Gasteiger partial charge is 0.353 e. The molecular formula is C23H31F3N4O2. The fourth-order valence-electron chi connectivity index (χ4n) is 3.17. The highest BCUT2D eigenvalue weighted by Gasteiger charge is 2.30. The molecule has 2 aromatic rings. The van der Waals surface area contributed by atoms with Gasteiger partial charge in [-0.3, -0.25) is 4.79 Å². The molecule has 1 aromatic carbocycles. The molecule has 9 heteroatoms.